The summed E-state index contributed by atoms with van der Waals surface area (Å²) in [4.78, 5) is 23.8. The fraction of sp³-hybridized carbons (Fsp3) is 0.167. The molecule has 1 amide bonds. The molecule has 0 saturated carbocycles. The van der Waals surface area contributed by atoms with Crippen molar-refractivity contribution in [2.75, 3.05) is 11.9 Å². The standard InChI is InChI=1S/C18H14F3N3O5/c19-18(20,21)29-13-4-2-12(3-5-13)23-16(25)11-27-17(26)15-7-6-14(28-15)10-24-9-1-8-22-24/h1-9H,10-11H2,(H,23,25). The number of carbonyl (C=O) groups excluding carboxylic acids is 2. The lowest BCUT2D eigenvalue weighted by Gasteiger charge is -2.10. The highest BCUT2D eigenvalue weighted by molar-refractivity contribution is 5.94. The second-order valence-electron chi connectivity index (χ2n) is 5.67. The van der Waals surface area contributed by atoms with Crippen LogP contribution in [0.15, 0.2) is 59.3 Å². The van der Waals surface area contributed by atoms with Crippen molar-refractivity contribution >= 4 is 17.6 Å². The Morgan fingerprint density at radius 1 is 1.14 bits per heavy atom. The zero-order chi connectivity index (χ0) is 20.9. The number of halogens is 3. The molecule has 2 aromatic heterocycles. The van der Waals surface area contributed by atoms with Crippen molar-refractivity contribution in [3.05, 3.63) is 66.4 Å². The molecule has 0 atom stereocenters. The molecule has 0 radical (unpaired) electrons. The molecule has 1 aromatic carbocycles. The number of nitrogens with zero attached hydrogens (tertiary/aromatic N) is 2. The largest absolute Gasteiger partial charge is 0.573 e. The molecular weight excluding hydrogens is 395 g/mol. The highest BCUT2D eigenvalue weighted by Crippen LogP contribution is 2.23. The van der Waals surface area contributed by atoms with E-state index >= 15 is 0 Å². The number of nitrogens with one attached hydrogen (secondary N) is 1. The number of esters is 1. The van der Waals surface area contributed by atoms with Crippen LogP contribution in [0.3, 0.4) is 0 Å². The van der Waals surface area contributed by atoms with Gasteiger partial charge in [0.15, 0.2) is 6.61 Å². The molecule has 0 unspecified atom stereocenters. The van der Waals surface area contributed by atoms with E-state index in [0.717, 1.165) is 12.1 Å². The molecule has 0 bridgehead atoms. The molecule has 29 heavy (non-hydrogen) atoms. The van der Waals surface area contributed by atoms with Crippen molar-refractivity contribution in [1.82, 2.24) is 9.78 Å². The van der Waals surface area contributed by atoms with Gasteiger partial charge in [-0.25, -0.2) is 4.79 Å². The maximum absolute atomic E-state index is 12.1. The number of benzene rings is 1. The summed E-state index contributed by atoms with van der Waals surface area (Å²) in [6.07, 6.45) is -1.47. The number of hydrogen-bond acceptors (Lipinski definition) is 6. The van der Waals surface area contributed by atoms with Gasteiger partial charge in [0.1, 0.15) is 11.5 Å². The lowest BCUT2D eigenvalue weighted by Crippen LogP contribution is -2.21. The summed E-state index contributed by atoms with van der Waals surface area (Å²) in [7, 11) is 0. The summed E-state index contributed by atoms with van der Waals surface area (Å²) in [5.41, 5.74) is 0.208. The molecular formula is C18H14F3N3O5. The summed E-state index contributed by atoms with van der Waals surface area (Å²) in [5.74, 6) is -1.53. The van der Waals surface area contributed by atoms with E-state index in [1.165, 1.54) is 18.2 Å². The maximum atomic E-state index is 12.1. The van der Waals surface area contributed by atoms with Gasteiger partial charge in [0.25, 0.3) is 5.91 Å². The monoisotopic (exact) mass is 409 g/mol. The van der Waals surface area contributed by atoms with Gasteiger partial charge >= 0.3 is 12.3 Å². The van der Waals surface area contributed by atoms with Crippen LogP contribution in [0.25, 0.3) is 0 Å². The predicted octanol–water partition coefficient (Wildman–Crippen LogP) is 3.22. The predicted molar refractivity (Wildman–Crippen MR) is 92.1 cm³/mol. The summed E-state index contributed by atoms with van der Waals surface area (Å²) in [6.45, 7) is -0.274. The van der Waals surface area contributed by atoms with E-state index in [1.54, 1.807) is 29.2 Å². The number of anilines is 1. The smallest absolute Gasteiger partial charge is 0.452 e. The third-order valence-electron chi connectivity index (χ3n) is 3.45. The Morgan fingerprint density at radius 2 is 1.90 bits per heavy atom. The Kier molecular flexibility index (Phi) is 5.86. The quantitative estimate of drug-likeness (QED) is 0.602. The second kappa shape index (κ2) is 8.50. The number of alkyl halides is 3. The van der Waals surface area contributed by atoms with Crippen LogP contribution in [0.2, 0.25) is 0 Å². The molecule has 0 aliphatic carbocycles. The lowest BCUT2D eigenvalue weighted by atomic mass is 10.3. The minimum absolute atomic E-state index is 0.0754. The van der Waals surface area contributed by atoms with Gasteiger partial charge in [-0.05, 0) is 42.5 Å². The van der Waals surface area contributed by atoms with Crippen LogP contribution in [-0.2, 0) is 16.1 Å². The minimum Gasteiger partial charge on any atom is -0.452 e. The van der Waals surface area contributed by atoms with Gasteiger partial charge in [0.05, 0.1) is 6.54 Å². The zero-order valence-electron chi connectivity index (χ0n) is 14.7. The molecule has 3 aromatic rings. The Labute approximate surface area is 161 Å². The fourth-order valence-electron chi connectivity index (χ4n) is 2.27. The first-order valence-corrected chi connectivity index (χ1v) is 8.17. The number of furan rings is 1. The molecule has 152 valence electrons. The van der Waals surface area contributed by atoms with E-state index in [2.05, 4.69) is 15.2 Å². The molecule has 8 nitrogen and oxygen atoms in total. The first kappa shape index (κ1) is 20.0. The second-order valence-corrected chi connectivity index (χ2v) is 5.67. The van der Waals surface area contributed by atoms with Crippen molar-refractivity contribution < 1.29 is 36.7 Å². The normalized spacial score (nSPS) is 11.1. The lowest BCUT2D eigenvalue weighted by molar-refractivity contribution is -0.274. The van der Waals surface area contributed by atoms with Crippen LogP contribution in [0.5, 0.6) is 5.75 Å². The molecule has 2 heterocycles. The third-order valence-corrected chi connectivity index (χ3v) is 3.45. The van der Waals surface area contributed by atoms with Gasteiger partial charge < -0.3 is 19.2 Å². The summed E-state index contributed by atoms with van der Waals surface area (Å²) >= 11 is 0. The average Bonchev–Trinajstić information content (AvgIpc) is 3.33. The summed E-state index contributed by atoms with van der Waals surface area (Å²) in [5, 5.41) is 6.39. The van der Waals surface area contributed by atoms with Crippen LogP contribution in [0.4, 0.5) is 18.9 Å². The van der Waals surface area contributed by atoms with E-state index in [9.17, 15) is 22.8 Å². The van der Waals surface area contributed by atoms with Crippen molar-refractivity contribution in [1.29, 1.82) is 0 Å². The van der Waals surface area contributed by atoms with Crippen molar-refractivity contribution in [2.24, 2.45) is 0 Å². The van der Waals surface area contributed by atoms with Crippen molar-refractivity contribution in [2.45, 2.75) is 12.9 Å². The van der Waals surface area contributed by atoms with Crippen LogP contribution in [0.1, 0.15) is 16.3 Å². The molecule has 0 saturated heterocycles. The molecule has 11 heteroatoms. The summed E-state index contributed by atoms with van der Waals surface area (Å²) in [6, 6.07) is 9.26. The maximum Gasteiger partial charge on any atom is 0.573 e. The van der Waals surface area contributed by atoms with Crippen LogP contribution in [0, 0.1) is 0 Å². The Hall–Kier alpha value is -3.76. The van der Waals surface area contributed by atoms with E-state index in [1.807, 2.05) is 0 Å². The van der Waals surface area contributed by atoms with Gasteiger partial charge in [0.2, 0.25) is 5.76 Å². The highest BCUT2D eigenvalue weighted by atomic mass is 19.4. The molecule has 1 N–H and O–H groups in total. The minimum atomic E-state index is -4.80. The van der Waals surface area contributed by atoms with Crippen LogP contribution >= 0.6 is 0 Å². The average molecular weight is 409 g/mol. The topological polar surface area (TPSA) is 95.6 Å². The number of rotatable bonds is 7. The number of ether oxygens (including phenoxy) is 2. The van der Waals surface area contributed by atoms with Gasteiger partial charge in [-0.3, -0.25) is 9.48 Å². The van der Waals surface area contributed by atoms with Crippen molar-refractivity contribution in [3.63, 3.8) is 0 Å². The molecule has 0 spiro atoms. The first-order chi connectivity index (χ1) is 13.8. The van der Waals surface area contributed by atoms with Gasteiger partial charge in [0, 0.05) is 18.1 Å². The molecule has 0 fully saturated rings. The summed E-state index contributed by atoms with van der Waals surface area (Å²) < 4.78 is 51.9. The van der Waals surface area contributed by atoms with E-state index in [0.29, 0.717) is 12.3 Å². The number of hydrogen-bond donors (Lipinski definition) is 1. The number of aromatic nitrogens is 2. The van der Waals surface area contributed by atoms with Gasteiger partial charge in [-0.2, -0.15) is 5.10 Å². The van der Waals surface area contributed by atoms with Gasteiger partial charge in [-0.15, -0.1) is 13.2 Å². The zero-order valence-corrected chi connectivity index (χ0v) is 14.7. The molecule has 3 rings (SSSR count). The van der Waals surface area contributed by atoms with Gasteiger partial charge in [-0.1, -0.05) is 0 Å². The first-order valence-electron chi connectivity index (χ1n) is 8.17. The number of carbonyl (C=O) groups is 2. The van der Waals surface area contributed by atoms with E-state index in [4.69, 9.17) is 9.15 Å². The SMILES string of the molecule is O=C(COC(=O)c1ccc(Cn2cccn2)o1)Nc1ccc(OC(F)(F)F)cc1. The van der Waals surface area contributed by atoms with E-state index in [-0.39, 0.29) is 11.4 Å². The molecule has 0 aliphatic rings. The van der Waals surface area contributed by atoms with Crippen LogP contribution < -0.4 is 10.1 Å². The molecule has 0 aliphatic heterocycles. The number of amides is 1. The van der Waals surface area contributed by atoms with E-state index < -0.39 is 30.6 Å². The van der Waals surface area contributed by atoms with Crippen molar-refractivity contribution in [3.8, 4) is 5.75 Å². The Balaban J connectivity index is 1.46. The Morgan fingerprint density at radius 3 is 2.55 bits per heavy atom. The van der Waals surface area contributed by atoms with Crippen LogP contribution in [-0.4, -0.2) is 34.6 Å². The third kappa shape index (κ3) is 6.13. The Bertz CT molecular complexity index is 966. The fourth-order valence-corrected chi connectivity index (χ4v) is 2.27. The highest BCUT2D eigenvalue weighted by Gasteiger charge is 2.31.